The standard InChI is InChI=1S/C22H20ClFN2O4S/c1-26(31(28,29)18-10-8-17(23)9-11-18)14-16-13-15(7-12-21(16)30-2)22(27)25-20-6-4-3-5-19(20)24/h3-13H,14H2,1-2H3,(H,25,27). The second-order valence-corrected chi connectivity index (χ2v) is 9.16. The van der Waals surface area contributed by atoms with Crippen LogP contribution in [0, 0.1) is 5.82 Å². The van der Waals surface area contributed by atoms with Crippen LogP contribution in [0.1, 0.15) is 15.9 Å². The molecule has 0 atom stereocenters. The summed E-state index contributed by atoms with van der Waals surface area (Å²) < 4.78 is 46.0. The molecule has 1 amide bonds. The molecule has 0 saturated heterocycles. The molecule has 0 spiro atoms. The van der Waals surface area contributed by atoms with Crippen molar-refractivity contribution in [1.82, 2.24) is 4.31 Å². The van der Waals surface area contributed by atoms with Gasteiger partial charge in [-0.2, -0.15) is 4.31 Å². The number of nitrogens with one attached hydrogen (secondary N) is 1. The molecule has 0 saturated carbocycles. The Labute approximate surface area is 185 Å². The lowest BCUT2D eigenvalue weighted by Gasteiger charge is -2.19. The highest BCUT2D eigenvalue weighted by Gasteiger charge is 2.23. The fourth-order valence-corrected chi connectivity index (χ4v) is 4.19. The second-order valence-electron chi connectivity index (χ2n) is 6.68. The van der Waals surface area contributed by atoms with Crippen molar-refractivity contribution in [3.8, 4) is 5.75 Å². The summed E-state index contributed by atoms with van der Waals surface area (Å²) >= 11 is 5.84. The normalized spacial score (nSPS) is 11.4. The molecule has 9 heteroatoms. The van der Waals surface area contributed by atoms with Crippen LogP contribution in [0.2, 0.25) is 5.02 Å². The van der Waals surface area contributed by atoms with Crippen molar-refractivity contribution in [3.63, 3.8) is 0 Å². The van der Waals surface area contributed by atoms with E-state index in [1.54, 1.807) is 12.1 Å². The third-order valence-electron chi connectivity index (χ3n) is 4.58. The molecule has 6 nitrogen and oxygen atoms in total. The van der Waals surface area contributed by atoms with Gasteiger partial charge in [-0.25, -0.2) is 12.8 Å². The van der Waals surface area contributed by atoms with Gasteiger partial charge in [-0.15, -0.1) is 0 Å². The molecule has 0 radical (unpaired) electrons. The van der Waals surface area contributed by atoms with Crippen LogP contribution in [0.15, 0.2) is 71.6 Å². The van der Waals surface area contributed by atoms with E-state index in [4.69, 9.17) is 16.3 Å². The molecule has 0 aromatic heterocycles. The van der Waals surface area contributed by atoms with Crippen molar-refractivity contribution in [2.75, 3.05) is 19.5 Å². The number of nitrogens with zero attached hydrogens (tertiary/aromatic N) is 1. The number of ether oxygens (including phenoxy) is 1. The van der Waals surface area contributed by atoms with E-state index in [0.717, 1.165) is 4.31 Å². The van der Waals surface area contributed by atoms with Gasteiger partial charge in [-0.3, -0.25) is 4.79 Å². The summed E-state index contributed by atoms with van der Waals surface area (Å²) in [5, 5.41) is 2.93. The van der Waals surface area contributed by atoms with E-state index in [9.17, 15) is 17.6 Å². The first-order valence-electron chi connectivity index (χ1n) is 9.17. The predicted octanol–water partition coefficient (Wildman–Crippen LogP) is 4.56. The van der Waals surface area contributed by atoms with Gasteiger partial charge < -0.3 is 10.1 Å². The highest BCUT2D eigenvalue weighted by Crippen LogP contribution is 2.25. The molecule has 0 fully saturated rings. The van der Waals surface area contributed by atoms with Gasteiger partial charge in [0.2, 0.25) is 10.0 Å². The van der Waals surface area contributed by atoms with Crippen LogP contribution >= 0.6 is 11.6 Å². The monoisotopic (exact) mass is 462 g/mol. The Bertz CT molecular complexity index is 1200. The topological polar surface area (TPSA) is 75.7 Å². The molecule has 0 heterocycles. The van der Waals surface area contributed by atoms with Crippen molar-refractivity contribution in [2.24, 2.45) is 0 Å². The molecule has 162 valence electrons. The first kappa shape index (κ1) is 22.7. The number of sulfonamides is 1. The second kappa shape index (κ2) is 9.47. The highest BCUT2D eigenvalue weighted by molar-refractivity contribution is 7.89. The van der Waals surface area contributed by atoms with E-state index in [1.165, 1.54) is 68.8 Å². The van der Waals surface area contributed by atoms with Crippen molar-refractivity contribution >= 4 is 33.2 Å². The zero-order valence-corrected chi connectivity index (χ0v) is 18.4. The minimum atomic E-state index is -3.80. The van der Waals surface area contributed by atoms with Crippen molar-refractivity contribution < 1.29 is 22.3 Å². The lowest BCUT2D eigenvalue weighted by Crippen LogP contribution is -2.27. The highest BCUT2D eigenvalue weighted by atomic mass is 35.5. The molecule has 3 rings (SSSR count). The van der Waals surface area contributed by atoms with Crippen LogP contribution in [-0.4, -0.2) is 32.8 Å². The van der Waals surface area contributed by atoms with Gasteiger partial charge in [0.1, 0.15) is 11.6 Å². The summed E-state index contributed by atoms with van der Waals surface area (Å²) in [5.74, 6) is -0.670. The molecular formula is C22H20ClFN2O4S. The third-order valence-corrected chi connectivity index (χ3v) is 6.65. The SMILES string of the molecule is COc1ccc(C(=O)Nc2ccccc2F)cc1CN(C)S(=O)(=O)c1ccc(Cl)cc1. The molecule has 0 aliphatic rings. The van der Waals surface area contributed by atoms with Crippen LogP contribution < -0.4 is 10.1 Å². The van der Waals surface area contributed by atoms with E-state index in [0.29, 0.717) is 16.3 Å². The van der Waals surface area contributed by atoms with E-state index >= 15 is 0 Å². The quantitative estimate of drug-likeness (QED) is 0.558. The summed E-state index contributed by atoms with van der Waals surface area (Å²) in [6.45, 7) is -0.0467. The van der Waals surface area contributed by atoms with E-state index in [2.05, 4.69) is 5.32 Å². The average molecular weight is 463 g/mol. The molecule has 31 heavy (non-hydrogen) atoms. The van der Waals surface area contributed by atoms with Gasteiger partial charge >= 0.3 is 0 Å². The van der Waals surface area contributed by atoms with Gasteiger partial charge in [0, 0.05) is 29.7 Å². The molecule has 0 aliphatic carbocycles. The molecule has 3 aromatic rings. The number of hydrogen-bond acceptors (Lipinski definition) is 4. The number of para-hydroxylation sites is 1. The molecule has 0 aliphatic heterocycles. The van der Waals surface area contributed by atoms with Crippen LogP contribution in [0.3, 0.4) is 0 Å². The van der Waals surface area contributed by atoms with Crippen molar-refractivity contribution in [1.29, 1.82) is 0 Å². The maximum atomic E-state index is 13.8. The zero-order valence-electron chi connectivity index (χ0n) is 16.8. The van der Waals surface area contributed by atoms with Gasteiger partial charge in [-0.05, 0) is 54.6 Å². The first-order valence-corrected chi connectivity index (χ1v) is 11.0. The summed E-state index contributed by atoms with van der Waals surface area (Å²) in [6.07, 6.45) is 0. The Kier molecular flexibility index (Phi) is 6.94. The molecular weight excluding hydrogens is 443 g/mol. The number of benzene rings is 3. The summed E-state index contributed by atoms with van der Waals surface area (Å²) in [6, 6.07) is 16.3. The lowest BCUT2D eigenvalue weighted by molar-refractivity contribution is 0.102. The maximum Gasteiger partial charge on any atom is 0.255 e. The van der Waals surface area contributed by atoms with Crippen molar-refractivity contribution in [2.45, 2.75) is 11.4 Å². The number of methoxy groups -OCH3 is 1. The van der Waals surface area contributed by atoms with Crippen LogP contribution in [-0.2, 0) is 16.6 Å². The molecule has 0 bridgehead atoms. The lowest BCUT2D eigenvalue weighted by atomic mass is 10.1. The Morgan fingerprint density at radius 1 is 1.10 bits per heavy atom. The third kappa shape index (κ3) is 5.22. The Morgan fingerprint density at radius 3 is 2.42 bits per heavy atom. The number of amides is 1. The number of halogens is 2. The predicted molar refractivity (Wildman–Crippen MR) is 117 cm³/mol. The fraction of sp³-hybridized carbons (Fsp3) is 0.136. The van der Waals surface area contributed by atoms with Gasteiger partial charge in [0.25, 0.3) is 5.91 Å². The first-order chi connectivity index (χ1) is 14.7. The summed E-state index contributed by atoms with van der Waals surface area (Å²) in [4.78, 5) is 12.7. The maximum absolute atomic E-state index is 13.8. The molecule has 1 N–H and O–H groups in total. The van der Waals surface area contributed by atoms with Crippen molar-refractivity contribution in [3.05, 3.63) is 88.7 Å². The Balaban J connectivity index is 1.86. The van der Waals surface area contributed by atoms with Crippen LogP contribution in [0.25, 0.3) is 0 Å². The Hall–Kier alpha value is -2.94. The van der Waals surface area contributed by atoms with E-state index in [1.807, 2.05) is 0 Å². The van der Waals surface area contributed by atoms with Gasteiger partial charge in [0.05, 0.1) is 17.7 Å². The number of hydrogen-bond donors (Lipinski definition) is 1. The van der Waals surface area contributed by atoms with E-state index < -0.39 is 21.7 Å². The van der Waals surface area contributed by atoms with Crippen LogP contribution in [0.5, 0.6) is 5.75 Å². The average Bonchev–Trinajstić information content (AvgIpc) is 2.75. The summed E-state index contributed by atoms with van der Waals surface area (Å²) in [7, 11) is -0.921. The minimum Gasteiger partial charge on any atom is -0.496 e. The van der Waals surface area contributed by atoms with Gasteiger partial charge in [-0.1, -0.05) is 23.7 Å². The Morgan fingerprint density at radius 2 is 1.77 bits per heavy atom. The van der Waals surface area contributed by atoms with Gasteiger partial charge in [0.15, 0.2) is 0 Å². The number of carbonyl (C=O) groups is 1. The molecule has 0 unspecified atom stereocenters. The van der Waals surface area contributed by atoms with E-state index in [-0.39, 0.29) is 22.7 Å². The largest absolute Gasteiger partial charge is 0.496 e. The number of anilines is 1. The van der Waals surface area contributed by atoms with Crippen LogP contribution in [0.4, 0.5) is 10.1 Å². The molecule has 3 aromatic carbocycles. The number of rotatable bonds is 7. The number of carbonyl (C=O) groups excluding carboxylic acids is 1. The fourth-order valence-electron chi connectivity index (χ4n) is 2.91. The smallest absolute Gasteiger partial charge is 0.255 e. The zero-order chi connectivity index (χ0) is 22.6. The minimum absolute atomic E-state index is 0.0467. The summed E-state index contributed by atoms with van der Waals surface area (Å²) in [5.41, 5.74) is 0.757.